The normalized spacial score (nSPS) is 21.0. The van der Waals surface area contributed by atoms with Gasteiger partial charge in [-0.2, -0.15) is 0 Å². The number of aliphatic hydroxyl groups is 1. The summed E-state index contributed by atoms with van der Waals surface area (Å²) in [5.74, 6) is -0.892. The van der Waals surface area contributed by atoms with Gasteiger partial charge in [-0.3, -0.25) is 4.90 Å². The predicted molar refractivity (Wildman–Crippen MR) is 73.2 cm³/mol. The van der Waals surface area contributed by atoms with Crippen molar-refractivity contribution in [2.75, 3.05) is 13.2 Å². The number of nitrogens with zero attached hydrogens (tertiary/aromatic N) is 1. The van der Waals surface area contributed by atoms with Crippen LogP contribution in [0.3, 0.4) is 0 Å². The highest BCUT2D eigenvalue weighted by Crippen LogP contribution is 2.19. The van der Waals surface area contributed by atoms with E-state index in [0.717, 1.165) is 31.4 Å². The first-order chi connectivity index (χ1) is 9.20. The molecule has 4 heteroatoms. The Labute approximate surface area is 113 Å². The molecule has 0 aliphatic carbocycles. The SMILES string of the molecule is O=C(O)c1cccc(CN2CCCCCC2CO)c1. The molecule has 1 unspecified atom stereocenters. The molecule has 104 valence electrons. The van der Waals surface area contributed by atoms with Crippen molar-refractivity contribution in [1.29, 1.82) is 0 Å². The van der Waals surface area contributed by atoms with Crippen LogP contribution in [-0.4, -0.2) is 40.3 Å². The first kappa shape index (κ1) is 14.0. The summed E-state index contributed by atoms with van der Waals surface area (Å²) in [6.07, 6.45) is 4.54. The minimum atomic E-state index is -0.892. The zero-order valence-electron chi connectivity index (χ0n) is 11.1. The van der Waals surface area contributed by atoms with Gasteiger partial charge >= 0.3 is 5.97 Å². The maximum atomic E-state index is 11.0. The number of hydrogen-bond donors (Lipinski definition) is 2. The Balaban J connectivity index is 2.09. The van der Waals surface area contributed by atoms with E-state index in [1.807, 2.05) is 6.07 Å². The second kappa shape index (κ2) is 6.68. The molecular weight excluding hydrogens is 242 g/mol. The van der Waals surface area contributed by atoms with Crippen molar-refractivity contribution in [2.24, 2.45) is 0 Å². The molecule has 2 rings (SSSR count). The number of carbonyl (C=O) groups is 1. The van der Waals surface area contributed by atoms with Crippen LogP contribution in [0.15, 0.2) is 24.3 Å². The van der Waals surface area contributed by atoms with Crippen LogP contribution in [-0.2, 0) is 6.54 Å². The molecule has 2 N–H and O–H groups in total. The highest BCUT2D eigenvalue weighted by atomic mass is 16.4. The van der Waals surface area contributed by atoms with E-state index in [2.05, 4.69) is 4.90 Å². The van der Waals surface area contributed by atoms with Crippen molar-refractivity contribution < 1.29 is 15.0 Å². The third-order valence-corrected chi connectivity index (χ3v) is 3.77. The Kier molecular flexibility index (Phi) is 4.93. The van der Waals surface area contributed by atoms with Crippen molar-refractivity contribution in [3.63, 3.8) is 0 Å². The molecule has 0 saturated carbocycles. The molecule has 1 aromatic carbocycles. The molecule has 1 heterocycles. The van der Waals surface area contributed by atoms with Gasteiger partial charge in [0.25, 0.3) is 0 Å². The number of rotatable bonds is 4. The number of carboxylic acids is 1. The fourth-order valence-electron chi connectivity index (χ4n) is 2.69. The number of aliphatic hydroxyl groups excluding tert-OH is 1. The molecule has 1 atom stereocenters. The third-order valence-electron chi connectivity index (χ3n) is 3.77. The summed E-state index contributed by atoms with van der Waals surface area (Å²) >= 11 is 0. The van der Waals surface area contributed by atoms with Crippen LogP contribution in [0.1, 0.15) is 41.6 Å². The number of benzene rings is 1. The Morgan fingerprint density at radius 2 is 2.16 bits per heavy atom. The fourth-order valence-corrected chi connectivity index (χ4v) is 2.69. The second-order valence-electron chi connectivity index (χ2n) is 5.16. The second-order valence-corrected chi connectivity index (χ2v) is 5.16. The standard InChI is InChI=1S/C15H21NO3/c17-11-14-7-2-1-3-8-16(14)10-12-5-4-6-13(9-12)15(18)19/h4-6,9,14,17H,1-3,7-8,10-11H2,(H,18,19). The van der Waals surface area contributed by atoms with Gasteiger partial charge in [-0.05, 0) is 37.1 Å². The van der Waals surface area contributed by atoms with Crippen molar-refractivity contribution >= 4 is 5.97 Å². The molecule has 0 aromatic heterocycles. The van der Waals surface area contributed by atoms with Crippen LogP contribution in [0.2, 0.25) is 0 Å². The molecule has 1 aromatic rings. The Hall–Kier alpha value is -1.39. The molecule has 0 radical (unpaired) electrons. The first-order valence-electron chi connectivity index (χ1n) is 6.88. The lowest BCUT2D eigenvalue weighted by Crippen LogP contribution is -2.36. The number of carboxylic acid groups (broad SMARTS) is 1. The fraction of sp³-hybridized carbons (Fsp3) is 0.533. The molecule has 1 aliphatic heterocycles. The average molecular weight is 263 g/mol. The number of hydrogen-bond acceptors (Lipinski definition) is 3. The van der Waals surface area contributed by atoms with E-state index in [4.69, 9.17) is 5.11 Å². The molecular formula is C15H21NO3. The van der Waals surface area contributed by atoms with E-state index in [9.17, 15) is 9.90 Å². The molecule has 1 saturated heterocycles. The van der Waals surface area contributed by atoms with Crippen molar-refractivity contribution in [3.05, 3.63) is 35.4 Å². The minimum Gasteiger partial charge on any atom is -0.478 e. The zero-order valence-corrected chi connectivity index (χ0v) is 11.1. The van der Waals surface area contributed by atoms with Crippen LogP contribution < -0.4 is 0 Å². The molecule has 1 fully saturated rings. The Morgan fingerprint density at radius 3 is 2.89 bits per heavy atom. The maximum Gasteiger partial charge on any atom is 0.335 e. The van der Waals surface area contributed by atoms with Gasteiger partial charge < -0.3 is 10.2 Å². The van der Waals surface area contributed by atoms with Gasteiger partial charge in [-0.15, -0.1) is 0 Å². The molecule has 0 amide bonds. The summed E-state index contributed by atoms with van der Waals surface area (Å²) in [5, 5.41) is 18.5. The van der Waals surface area contributed by atoms with E-state index in [0.29, 0.717) is 12.1 Å². The van der Waals surface area contributed by atoms with Crippen molar-refractivity contribution in [1.82, 2.24) is 4.90 Å². The molecule has 0 spiro atoms. The lowest BCUT2D eigenvalue weighted by Gasteiger charge is -2.28. The Bertz CT molecular complexity index is 433. The van der Waals surface area contributed by atoms with Crippen LogP contribution >= 0.6 is 0 Å². The first-order valence-corrected chi connectivity index (χ1v) is 6.88. The maximum absolute atomic E-state index is 11.0. The van der Waals surface area contributed by atoms with Crippen LogP contribution in [0, 0.1) is 0 Å². The van der Waals surface area contributed by atoms with Gasteiger partial charge in [0.1, 0.15) is 0 Å². The van der Waals surface area contributed by atoms with E-state index < -0.39 is 5.97 Å². The topological polar surface area (TPSA) is 60.8 Å². The van der Waals surface area contributed by atoms with Gasteiger partial charge in [-0.25, -0.2) is 4.79 Å². The Morgan fingerprint density at radius 1 is 1.32 bits per heavy atom. The quantitative estimate of drug-likeness (QED) is 0.873. The summed E-state index contributed by atoms with van der Waals surface area (Å²) in [5.41, 5.74) is 1.33. The van der Waals surface area contributed by atoms with Gasteiger partial charge in [0.2, 0.25) is 0 Å². The van der Waals surface area contributed by atoms with E-state index in [1.54, 1.807) is 18.2 Å². The predicted octanol–water partition coefficient (Wildman–Crippen LogP) is 2.12. The number of aromatic carboxylic acids is 1. The van der Waals surface area contributed by atoms with Crippen molar-refractivity contribution in [2.45, 2.75) is 38.3 Å². The average Bonchev–Trinajstić information content (AvgIpc) is 2.64. The van der Waals surface area contributed by atoms with Crippen LogP contribution in [0.4, 0.5) is 0 Å². The largest absolute Gasteiger partial charge is 0.478 e. The van der Waals surface area contributed by atoms with Gasteiger partial charge in [-0.1, -0.05) is 25.0 Å². The van der Waals surface area contributed by atoms with Crippen LogP contribution in [0.25, 0.3) is 0 Å². The lowest BCUT2D eigenvalue weighted by molar-refractivity contribution is 0.0696. The highest BCUT2D eigenvalue weighted by Gasteiger charge is 2.20. The lowest BCUT2D eigenvalue weighted by atomic mass is 10.1. The van der Waals surface area contributed by atoms with Gasteiger partial charge in [0.15, 0.2) is 0 Å². The molecule has 0 bridgehead atoms. The van der Waals surface area contributed by atoms with E-state index in [1.165, 1.54) is 6.42 Å². The summed E-state index contributed by atoms with van der Waals surface area (Å²) in [6, 6.07) is 7.27. The van der Waals surface area contributed by atoms with Gasteiger partial charge in [0.05, 0.1) is 12.2 Å². The van der Waals surface area contributed by atoms with Crippen molar-refractivity contribution in [3.8, 4) is 0 Å². The smallest absolute Gasteiger partial charge is 0.335 e. The van der Waals surface area contributed by atoms with Gasteiger partial charge in [0, 0.05) is 12.6 Å². The highest BCUT2D eigenvalue weighted by molar-refractivity contribution is 5.87. The van der Waals surface area contributed by atoms with Crippen LogP contribution in [0.5, 0.6) is 0 Å². The monoisotopic (exact) mass is 263 g/mol. The third kappa shape index (κ3) is 3.78. The molecule has 19 heavy (non-hydrogen) atoms. The molecule has 4 nitrogen and oxygen atoms in total. The van der Waals surface area contributed by atoms with E-state index in [-0.39, 0.29) is 12.6 Å². The summed E-state index contributed by atoms with van der Waals surface area (Å²) < 4.78 is 0. The minimum absolute atomic E-state index is 0.179. The summed E-state index contributed by atoms with van der Waals surface area (Å²) in [7, 11) is 0. The zero-order chi connectivity index (χ0) is 13.7. The molecule has 1 aliphatic rings. The summed E-state index contributed by atoms with van der Waals surface area (Å²) in [4.78, 5) is 13.2. The van der Waals surface area contributed by atoms with E-state index >= 15 is 0 Å². The number of likely N-dealkylation sites (tertiary alicyclic amines) is 1. The summed E-state index contributed by atoms with van der Waals surface area (Å²) in [6.45, 7) is 1.87.